The Morgan fingerprint density at radius 2 is 1.88 bits per heavy atom. The maximum atomic E-state index is 11.0. The zero-order valence-electron chi connectivity index (χ0n) is 15.6. The molecule has 1 rings (SSSR count). The molecule has 1 fully saturated rings. The molecule has 0 spiro atoms. The van der Waals surface area contributed by atoms with E-state index >= 15 is 0 Å². The average molecular weight is 401 g/mol. The fraction of sp³-hybridized carbons (Fsp3) is 0.875. The quantitative estimate of drug-likeness (QED) is 0.444. The molecule has 1 aliphatic heterocycles. The third-order valence-corrected chi connectivity index (χ3v) is 3.63. The zero-order chi connectivity index (χ0) is 17.7. The molecule has 1 amide bonds. The molecule has 9 heteroatoms. The van der Waals surface area contributed by atoms with Crippen molar-refractivity contribution >= 4 is 38.9 Å². The van der Waals surface area contributed by atoms with E-state index in [9.17, 15) is 19.7 Å². The van der Waals surface area contributed by atoms with Crippen molar-refractivity contribution in [3.05, 3.63) is 10.1 Å². The van der Waals surface area contributed by atoms with Gasteiger partial charge in [-0.05, 0) is 20.3 Å². The van der Waals surface area contributed by atoms with Crippen LogP contribution in [-0.2, 0) is 14.3 Å². The standard InChI is InChI=1S/C8H15NO4.C7H13NO.CH4.2H2S/c1-6(7(10)13-4)5-8(2,3)9(11)12;1-5-4-7(2,3)8-6(5)9;;;/h6H,5H2,1-4H3;5H,4H2,1-3H3,(H,8,9);1H4;2*1H2/t6-;5-;;;/m00.../s1. The molecule has 1 heterocycles. The van der Waals surface area contributed by atoms with E-state index in [1.54, 1.807) is 6.92 Å². The summed E-state index contributed by atoms with van der Waals surface area (Å²) in [5.41, 5.74) is -1.04. The second-order valence-electron chi connectivity index (χ2n) is 7.18. The number of carbonyl (C=O) groups is 2. The second kappa shape index (κ2) is 12.4. The second-order valence-corrected chi connectivity index (χ2v) is 7.18. The summed E-state index contributed by atoms with van der Waals surface area (Å²) in [6.45, 7) is 10.7. The van der Waals surface area contributed by atoms with Gasteiger partial charge in [-0.25, -0.2) is 0 Å². The van der Waals surface area contributed by atoms with Crippen molar-refractivity contribution in [3.63, 3.8) is 0 Å². The molecule has 2 atom stereocenters. The number of hydrogen-bond donors (Lipinski definition) is 1. The van der Waals surface area contributed by atoms with Crippen LogP contribution in [0.25, 0.3) is 0 Å². The van der Waals surface area contributed by atoms with Crippen molar-refractivity contribution < 1.29 is 19.2 Å². The van der Waals surface area contributed by atoms with Crippen LogP contribution in [0.3, 0.4) is 0 Å². The van der Waals surface area contributed by atoms with Crippen LogP contribution in [0.4, 0.5) is 0 Å². The molecule has 0 aromatic heterocycles. The minimum Gasteiger partial charge on any atom is -0.469 e. The molecule has 1 N–H and O–H groups in total. The van der Waals surface area contributed by atoms with Crippen LogP contribution in [-0.4, -0.2) is 35.0 Å². The highest BCUT2D eigenvalue weighted by Crippen LogP contribution is 2.23. The Hall–Kier alpha value is -0.960. The van der Waals surface area contributed by atoms with E-state index in [1.165, 1.54) is 21.0 Å². The van der Waals surface area contributed by atoms with Crippen LogP contribution >= 0.6 is 27.0 Å². The Kier molecular flexibility index (Phi) is 15.8. The van der Waals surface area contributed by atoms with E-state index in [1.807, 2.05) is 6.92 Å². The molecule has 1 saturated heterocycles. The molecule has 0 radical (unpaired) electrons. The SMILES string of the molecule is C.COC(=O)[C@@H](C)CC(C)(C)[N+](=O)[O-].C[C@H]1CC(C)(C)NC1=O.S.S. The lowest BCUT2D eigenvalue weighted by Crippen LogP contribution is -2.35. The first-order chi connectivity index (χ1) is 9.82. The number of ether oxygens (including phenoxy) is 1. The molecule has 0 saturated carbocycles. The lowest BCUT2D eigenvalue weighted by Gasteiger charge is -2.18. The van der Waals surface area contributed by atoms with Gasteiger partial charge in [0.05, 0.1) is 13.0 Å². The number of methoxy groups -OCH3 is 1. The Morgan fingerprint density at radius 1 is 1.44 bits per heavy atom. The van der Waals surface area contributed by atoms with Gasteiger partial charge in [0.15, 0.2) is 0 Å². The van der Waals surface area contributed by atoms with Gasteiger partial charge in [-0.1, -0.05) is 21.3 Å². The van der Waals surface area contributed by atoms with Gasteiger partial charge in [-0.15, -0.1) is 0 Å². The summed E-state index contributed by atoms with van der Waals surface area (Å²) in [5.74, 6) is -0.444. The third-order valence-electron chi connectivity index (χ3n) is 3.63. The van der Waals surface area contributed by atoms with E-state index < -0.39 is 17.4 Å². The number of nitro groups is 1. The molecule has 1 aliphatic rings. The molecular weight excluding hydrogens is 364 g/mol. The number of rotatable bonds is 4. The van der Waals surface area contributed by atoms with E-state index in [-0.39, 0.29) is 63.1 Å². The summed E-state index contributed by atoms with van der Waals surface area (Å²) in [5, 5.41) is 13.4. The molecule has 152 valence electrons. The Morgan fingerprint density at radius 3 is 2.08 bits per heavy atom. The number of amides is 1. The minimum absolute atomic E-state index is 0. The van der Waals surface area contributed by atoms with E-state index in [0.29, 0.717) is 0 Å². The van der Waals surface area contributed by atoms with Crippen LogP contribution in [0.2, 0.25) is 0 Å². The van der Waals surface area contributed by atoms with Crippen LogP contribution < -0.4 is 5.32 Å². The fourth-order valence-corrected chi connectivity index (χ4v) is 2.47. The van der Waals surface area contributed by atoms with Crippen molar-refractivity contribution in [3.8, 4) is 0 Å². The van der Waals surface area contributed by atoms with Gasteiger partial charge in [-0.2, -0.15) is 27.0 Å². The lowest BCUT2D eigenvalue weighted by molar-refractivity contribution is -0.562. The molecular formula is C16H36N2O5S2. The highest BCUT2D eigenvalue weighted by atomic mass is 32.1. The molecule has 0 aromatic rings. The fourth-order valence-electron chi connectivity index (χ4n) is 2.47. The van der Waals surface area contributed by atoms with Gasteiger partial charge in [0, 0.05) is 36.6 Å². The van der Waals surface area contributed by atoms with Crippen LogP contribution in [0.1, 0.15) is 61.8 Å². The van der Waals surface area contributed by atoms with Gasteiger partial charge in [0.1, 0.15) is 0 Å². The van der Waals surface area contributed by atoms with Gasteiger partial charge >= 0.3 is 5.97 Å². The molecule has 0 aliphatic carbocycles. The average Bonchev–Trinajstić information content (AvgIpc) is 2.59. The first kappa shape index (κ1) is 31.8. The van der Waals surface area contributed by atoms with E-state index in [0.717, 1.165) is 6.42 Å². The van der Waals surface area contributed by atoms with Crippen LogP contribution in [0.15, 0.2) is 0 Å². The van der Waals surface area contributed by atoms with Gasteiger partial charge in [0.2, 0.25) is 11.4 Å². The molecule has 0 bridgehead atoms. The predicted octanol–water partition coefficient (Wildman–Crippen LogP) is 3.02. The summed E-state index contributed by atoms with van der Waals surface area (Å²) < 4.78 is 4.48. The normalized spacial score (nSPS) is 18.7. The minimum atomic E-state index is -1.08. The molecule has 0 aromatic carbocycles. The summed E-state index contributed by atoms with van der Waals surface area (Å²) in [6.07, 6.45) is 1.15. The largest absolute Gasteiger partial charge is 0.469 e. The van der Waals surface area contributed by atoms with Gasteiger partial charge < -0.3 is 10.1 Å². The van der Waals surface area contributed by atoms with Gasteiger partial charge in [0.25, 0.3) is 0 Å². The Bertz CT molecular complexity index is 442. The smallest absolute Gasteiger partial charge is 0.308 e. The number of nitrogens with zero attached hydrogens (tertiary/aromatic N) is 1. The van der Waals surface area contributed by atoms with Crippen molar-refractivity contribution in [1.82, 2.24) is 5.32 Å². The molecule has 0 unspecified atom stereocenters. The number of nitrogens with one attached hydrogen (secondary N) is 1. The van der Waals surface area contributed by atoms with Crippen molar-refractivity contribution in [2.75, 3.05) is 7.11 Å². The highest BCUT2D eigenvalue weighted by molar-refractivity contribution is 7.59. The zero-order valence-corrected chi connectivity index (χ0v) is 17.6. The Labute approximate surface area is 165 Å². The topological polar surface area (TPSA) is 98.5 Å². The Balaban J connectivity index is -0.000000164. The van der Waals surface area contributed by atoms with Crippen molar-refractivity contribution in [1.29, 1.82) is 0 Å². The number of carbonyl (C=O) groups excluding carboxylic acids is 2. The lowest BCUT2D eigenvalue weighted by atomic mass is 9.92. The highest BCUT2D eigenvalue weighted by Gasteiger charge is 2.35. The van der Waals surface area contributed by atoms with Crippen LogP contribution in [0, 0.1) is 22.0 Å². The van der Waals surface area contributed by atoms with Crippen LogP contribution in [0.5, 0.6) is 0 Å². The summed E-state index contributed by atoms with van der Waals surface area (Å²) in [4.78, 5) is 32.0. The summed E-state index contributed by atoms with van der Waals surface area (Å²) in [6, 6.07) is 0. The van der Waals surface area contributed by atoms with Gasteiger partial charge in [-0.3, -0.25) is 19.7 Å². The first-order valence-corrected chi connectivity index (χ1v) is 7.37. The van der Waals surface area contributed by atoms with Crippen molar-refractivity contribution in [2.45, 2.75) is 72.9 Å². The monoisotopic (exact) mass is 400 g/mol. The molecule has 7 nitrogen and oxygen atoms in total. The molecule has 25 heavy (non-hydrogen) atoms. The maximum absolute atomic E-state index is 11.0. The number of hydrogen-bond acceptors (Lipinski definition) is 5. The first-order valence-electron chi connectivity index (χ1n) is 7.37. The third kappa shape index (κ3) is 11.3. The van der Waals surface area contributed by atoms with E-state index in [2.05, 4.69) is 23.9 Å². The summed E-state index contributed by atoms with van der Waals surface area (Å²) in [7, 11) is 1.28. The predicted molar refractivity (Wildman–Crippen MR) is 110 cm³/mol. The van der Waals surface area contributed by atoms with E-state index in [4.69, 9.17) is 0 Å². The number of esters is 1. The van der Waals surface area contributed by atoms with Crippen molar-refractivity contribution in [2.24, 2.45) is 11.8 Å². The maximum Gasteiger partial charge on any atom is 0.308 e. The summed E-state index contributed by atoms with van der Waals surface area (Å²) >= 11 is 0.